The maximum absolute atomic E-state index is 13.6. The molecule has 0 heterocycles. The largest absolute Gasteiger partial charge is 0.488 e. The Morgan fingerprint density at radius 3 is 2.68 bits per heavy atom. The summed E-state index contributed by atoms with van der Waals surface area (Å²) in [5, 5.41) is 0.488. The van der Waals surface area contributed by atoms with E-state index < -0.39 is 0 Å². The fourth-order valence-electron chi connectivity index (χ4n) is 1.83. The summed E-state index contributed by atoms with van der Waals surface area (Å²) in [4.78, 5) is 0. The van der Waals surface area contributed by atoms with Crippen LogP contribution in [0.4, 0.5) is 4.39 Å². The fraction of sp³-hybridized carbons (Fsp3) is 0.200. The zero-order valence-corrected chi connectivity index (χ0v) is 11.9. The zero-order valence-electron chi connectivity index (χ0n) is 10.4. The summed E-state index contributed by atoms with van der Waals surface area (Å²) in [5.74, 6) is 0.733. The lowest BCUT2D eigenvalue weighted by Crippen LogP contribution is -2.02. The topological polar surface area (TPSA) is 9.23 Å². The second-order valence-electron chi connectivity index (χ2n) is 4.22. The third kappa shape index (κ3) is 3.40. The smallest absolute Gasteiger partial charge is 0.129 e. The van der Waals surface area contributed by atoms with Gasteiger partial charge in [0.05, 0.1) is 5.88 Å². The second-order valence-corrected chi connectivity index (χ2v) is 4.92. The molecule has 0 N–H and O–H groups in total. The van der Waals surface area contributed by atoms with Crippen molar-refractivity contribution in [1.82, 2.24) is 0 Å². The van der Waals surface area contributed by atoms with Gasteiger partial charge in [0.25, 0.3) is 0 Å². The molecule has 0 aromatic heterocycles. The summed E-state index contributed by atoms with van der Waals surface area (Å²) in [6, 6.07) is 10.2. The molecule has 0 fully saturated rings. The molecule has 0 unspecified atom stereocenters. The SMILES string of the molecule is Cc1cccc(CCl)c1OCc1cc(Cl)ccc1F. The molecule has 0 saturated heterocycles. The van der Waals surface area contributed by atoms with Crippen LogP contribution in [0.15, 0.2) is 36.4 Å². The van der Waals surface area contributed by atoms with Crippen molar-refractivity contribution in [3.8, 4) is 5.75 Å². The van der Waals surface area contributed by atoms with Crippen LogP contribution >= 0.6 is 23.2 Å². The molecule has 0 atom stereocenters. The molecule has 2 aromatic carbocycles. The van der Waals surface area contributed by atoms with Gasteiger partial charge in [0.2, 0.25) is 0 Å². The van der Waals surface area contributed by atoms with Crippen LogP contribution in [0.1, 0.15) is 16.7 Å². The molecule has 0 aliphatic heterocycles. The summed E-state index contributed by atoms with van der Waals surface area (Å²) in [7, 11) is 0. The van der Waals surface area contributed by atoms with Crippen LogP contribution in [0.2, 0.25) is 5.02 Å². The number of hydrogen-bond donors (Lipinski definition) is 0. The van der Waals surface area contributed by atoms with E-state index in [0.717, 1.165) is 11.1 Å². The summed E-state index contributed by atoms with van der Waals surface area (Å²) in [6.07, 6.45) is 0. The van der Waals surface area contributed by atoms with Crippen molar-refractivity contribution in [2.24, 2.45) is 0 Å². The first kappa shape index (κ1) is 14.2. The summed E-state index contributed by atoms with van der Waals surface area (Å²) < 4.78 is 19.3. The van der Waals surface area contributed by atoms with Gasteiger partial charge in [-0.25, -0.2) is 4.39 Å². The molecule has 0 aliphatic carbocycles. The van der Waals surface area contributed by atoms with Gasteiger partial charge in [-0.2, -0.15) is 0 Å². The number of halogens is 3. The standard InChI is InChI=1S/C15H13Cl2FO/c1-10-3-2-4-11(8-16)15(10)19-9-12-7-13(17)5-6-14(12)18/h2-7H,8-9H2,1H3. The van der Waals surface area contributed by atoms with Gasteiger partial charge in [-0.1, -0.05) is 29.8 Å². The predicted molar refractivity (Wildman–Crippen MR) is 76.5 cm³/mol. The number of para-hydroxylation sites is 1. The third-order valence-electron chi connectivity index (χ3n) is 2.82. The van der Waals surface area contributed by atoms with E-state index in [4.69, 9.17) is 27.9 Å². The van der Waals surface area contributed by atoms with Gasteiger partial charge in [-0.3, -0.25) is 0 Å². The Hall–Kier alpha value is -1.25. The lowest BCUT2D eigenvalue weighted by atomic mass is 10.1. The first-order valence-electron chi connectivity index (χ1n) is 5.83. The van der Waals surface area contributed by atoms with Crippen LogP contribution in [0, 0.1) is 12.7 Å². The van der Waals surface area contributed by atoms with E-state index in [0.29, 0.717) is 22.2 Å². The minimum Gasteiger partial charge on any atom is -0.488 e. The van der Waals surface area contributed by atoms with Gasteiger partial charge in [0.1, 0.15) is 18.2 Å². The van der Waals surface area contributed by atoms with Crippen LogP contribution in [0.5, 0.6) is 5.75 Å². The lowest BCUT2D eigenvalue weighted by Gasteiger charge is -2.13. The highest BCUT2D eigenvalue weighted by Crippen LogP contribution is 2.26. The first-order chi connectivity index (χ1) is 9.11. The van der Waals surface area contributed by atoms with E-state index in [1.165, 1.54) is 12.1 Å². The van der Waals surface area contributed by atoms with E-state index in [2.05, 4.69) is 0 Å². The Labute approximate surface area is 121 Å². The van der Waals surface area contributed by atoms with E-state index in [9.17, 15) is 4.39 Å². The van der Waals surface area contributed by atoms with Crippen LogP contribution < -0.4 is 4.74 Å². The normalized spacial score (nSPS) is 10.5. The average Bonchev–Trinajstić information content (AvgIpc) is 2.40. The Kier molecular flexibility index (Phi) is 4.67. The van der Waals surface area contributed by atoms with E-state index in [-0.39, 0.29) is 12.4 Å². The highest BCUT2D eigenvalue weighted by atomic mass is 35.5. The number of aryl methyl sites for hydroxylation is 1. The van der Waals surface area contributed by atoms with E-state index in [1.54, 1.807) is 6.07 Å². The lowest BCUT2D eigenvalue weighted by molar-refractivity contribution is 0.295. The monoisotopic (exact) mass is 298 g/mol. The van der Waals surface area contributed by atoms with Crippen LogP contribution in [-0.2, 0) is 12.5 Å². The molecule has 19 heavy (non-hydrogen) atoms. The van der Waals surface area contributed by atoms with Crippen LogP contribution in [0.25, 0.3) is 0 Å². The van der Waals surface area contributed by atoms with Crippen molar-refractivity contribution in [2.75, 3.05) is 0 Å². The Morgan fingerprint density at radius 2 is 1.95 bits per heavy atom. The second kappa shape index (κ2) is 6.27. The van der Waals surface area contributed by atoms with E-state index in [1.807, 2.05) is 25.1 Å². The number of benzene rings is 2. The molecule has 0 saturated carbocycles. The van der Waals surface area contributed by atoms with Crippen molar-refractivity contribution in [3.05, 3.63) is 63.9 Å². The molecule has 2 aromatic rings. The third-order valence-corrected chi connectivity index (χ3v) is 3.34. The quantitative estimate of drug-likeness (QED) is 0.713. The molecule has 0 bridgehead atoms. The minimum absolute atomic E-state index is 0.126. The number of hydrogen-bond acceptors (Lipinski definition) is 1. The van der Waals surface area contributed by atoms with Crippen LogP contribution in [0.3, 0.4) is 0 Å². The molecule has 0 radical (unpaired) electrons. The number of alkyl halides is 1. The van der Waals surface area contributed by atoms with Crippen molar-refractivity contribution in [2.45, 2.75) is 19.4 Å². The summed E-state index contributed by atoms with van der Waals surface area (Å²) in [6.45, 7) is 2.06. The van der Waals surface area contributed by atoms with Crippen molar-refractivity contribution >= 4 is 23.2 Å². The molecular weight excluding hydrogens is 286 g/mol. The molecule has 0 spiro atoms. The molecule has 2 rings (SSSR count). The maximum Gasteiger partial charge on any atom is 0.129 e. The van der Waals surface area contributed by atoms with Gasteiger partial charge in [0.15, 0.2) is 0 Å². The summed E-state index contributed by atoms with van der Waals surface area (Å²) >= 11 is 11.7. The molecular formula is C15H13Cl2FO. The Bertz CT molecular complexity index is 584. The molecule has 1 nitrogen and oxygen atoms in total. The molecule has 0 aliphatic rings. The number of rotatable bonds is 4. The first-order valence-corrected chi connectivity index (χ1v) is 6.74. The van der Waals surface area contributed by atoms with Gasteiger partial charge >= 0.3 is 0 Å². The van der Waals surface area contributed by atoms with Crippen molar-refractivity contribution in [3.63, 3.8) is 0 Å². The number of ether oxygens (including phenoxy) is 1. The fourth-order valence-corrected chi connectivity index (χ4v) is 2.23. The Balaban J connectivity index is 2.21. The molecule has 0 amide bonds. The highest BCUT2D eigenvalue weighted by Gasteiger charge is 2.09. The van der Waals surface area contributed by atoms with Gasteiger partial charge in [-0.05, 0) is 30.7 Å². The maximum atomic E-state index is 13.6. The van der Waals surface area contributed by atoms with E-state index >= 15 is 0 Å². The highest BCUT2D eigenvalue weighted by molar-refractivity contribution is 6.30. The van der Waals surface area contributed by atoms with Crippen molar-refractivity contribution < 1.29 is 9.13 Å². The zero-order chi connectivity index (χ0) is 13.8. The molecule has 100 valence electrons. The van der Waals surface area contributed by atoms with Gasteiger partial charge < -0.3 is 4.74 Å². The average molecular weight is 299 g/mol. The Morgan fingerprint density at radius 1 is 1.16 bits per heavy atom. The predicted octanol–water partition coefficient (Wildman–Crippen LogP) is 5.11. The van der Waals surface area contributed by atoms with Gasteiger partial charge in [-0.15, -0.1) is 11.6 Å². The van der Waals surface area contributed by atoms with Crippen LogP contribution in [-0.4, -0.2) is 0 Å². The molecule has 4 heteroatoms. The minimum atomic E-state index is -0.328. The van der Waals surface area contributed by atoms with Crippen molar-refractivity contribution in [1.29, 1.82) is 0 Å². The summed E-state index contributed by atoms with van der Waals surface area (Å²) in [5.41, 5.74) is 2.29. The van der Waals surface area contributed by atoms with Gasteiger partial charge in [0, 0.05) is 16.1 Å².